The molecule has 3 aromatic rings. The zero-order valence-corrected chi connectivity index (χ0v) is 17.9. The number of benzene rings is 2. The van der Waals surface area contributed by atoms with Crippen LogP contribution >= 0.6 is 11.3 Å². The van der Waals surface area contributed by atoms with Gasteiger partial charge in [0, 0.05) is 9.38 Å². The van der Waals surface area contributed by atoms with E-state index in [1.54, 1.807) is 0 Å². The first-order chi connectivity index (χ1) is 12.5. The Morgan fingerprint density at radius 3 is 1.92 bits per heavy atom. The van der Waals surface area contributed by atoms with Crippen molar-refractivity contribution in [3.63, 3.8) is 0 Å². The molecule has 0 N–H and O–H groups in total. The third-order valence-electron chi connectivity index (χ3n) is 5.09. The van der Waals surface area contributed by atoms with Crippen molar-refractivity contribution in [1.29, 1.82) is 0 Å². The Bertz CT molecular complexity index is 800. The van der Waals surface area contributed by atoms with Crippen LogP contribution in [0.1, 0.15) is 33.3 Å². The van der Waals surface area contributed by atoms with Gasteiger partial charge in [-0.3, -0.25) is 0 Å². The van der Waals surface area contributed by atoms with Gasteiger partial charge in [-0.2, -0.15) is 0 Å². The predicted octanol–water partition coefficient (Wildman–Crippen LogP) is 6.60. The van der Waals surface area contributed by atoms with Crippen LogP contribution in [-0.2, 0) is 11.0 Å². The molecule has 26 heavy (non-hydrogen) atoms. The molecule has 0 atom stereocenters. The molecule has 0 aliphatic rings. The Hall–Kier alpha value is -1.68. The molecule has 0 amide bonds. The molecule has 2 aromatic carbocycles. The summed E-state index contributed by atoms with van der Waals surface area (Å²) >= 11 is 1.92. The molecule has 1 heterocycles. The second kappa shape index (κ2) is 8.34. The highest BCUT2D eigenvalue weighted by Gasteiger charge is 2.45. The average molecular weight is 381 g/mol. The van der Waals surface area contributed by atoms with E-state index in [-0.39, 0.29) is 0 Å². The molecule has 0 aliphatic carbocycles. The van der Waals surface area contributed by atoms with Crippen molar-refractivity contribution in [2.45, 2.75) is 45.4 Å². The molecule has 0 fully saturated rings. The van der Waals surface area contributed by atoms with Crippen LogP contribution in [0.5, 0.6) is 0 Å². The summed E-state index contributed by atoms with van der Waals surface area (Å²) in [5.74, 6) is 0. The summed E-state index contributed by atoms with van der Waals surface area (Å²) in [5.41, 5.74) is 3.59. The predicted molar refractivity (Wildman–Crippen MR) is 117 cm³/mol. The van der Waals surface area contributed by atoms with Gasteiger partial charge in [0.1, 0.15) is 0 Å². The van der Waals surface area contributed by atoms with Crippen LogP contribution < -0.4 is 4.50 Å². The molecular formula is C23H28OSSi. The van der Waals surface area contributed by atoms with Gasteiger partial charge in [0.15, 0.2) is 0 Å². The smallest absolute Gasteiger partial charge is 0.239 e. The summed E-state index contributed by atoms with van der Waals surface area (Å²) in [6.07, 6.45) is 0. The number of hydrogen-bond acceptors (Lipinski definition) is 2. The first-order valence-electron chi connectivity index (χ1n) is 9.37. The monoisotopic (exact) mass is 380 g/mol. The molecule has 136 valence electrons. The fourth-order valence-electron chi connectivity index (χ4n) is 3.72. The van der Waals surface area contributed by atoms with Gasteiger partial charge < -0.3 is 4.43 Å². The maximum atomic E-state index is 6.82. The minimum absolute atomic E-state index is 0.522. The van der Waals surface area contributed by atoms with E-state index >= 15 is 0 Å². The summed E-state index contributed by atoms with van der Waals surface area (Å²) in [6.45, 7) is 10.0. The lowest BCUT2D eigenvalue weighted by atomic mass is 10.2. The normalized spacial score (nSPS) is 12.1. The molecule has 3 heteroatoms. The van der Waals surface area contributed by atoms with E-state index in [4.69, 9.17) is 4.43 Å². The lowest BCUT2D eigenvalue weighted by Crippen LogP contribution is -2.54. The second-order valence-corrected chi connectivity index (χ2v) is 13.6. The fourth-order valence-corrected chi connectivity index (χ4v) is 11.1. The highest BCUT2D eigenvalue weighted by atomic mass is 32.1. The minimum atomic E-state index is -2.10. The zero-order valence-electron chi connectivity index (χ0n) is 16.1. The number of thiophene rings is 1. The van der Waals surface area contributed by atoms with Crippen molar-refractivity contribution in [1.82, 2.24) is 0 Å². The standard InChI is InChI=1S/C23H28OSSi/c1-18(2)26(19(3)4,24-17-20-11-7-5-8-12-20)23-16-15-22(25-23)21-13-9-6-10-14-21/h5-16,18-19H,17H2,1-4H3. The maximum Gasteiger partial charge on any atom is 0.239 e. The van der Waals surface area contributed by atoms with E-state index in [1.807, 2.05) is 11.3 Å². The van der Waals surface area contributed by atoms with Crippen LogP contribution in [0.4, 0.5) is 0 Å². The van der Waals surface area contributed by atoms with Crippen molar-refractivity contribution >= 4 is 24.2 Å². The topological polar surface area (TPSA) is 9.23 Å². The molecular weight excluding hydrogens is 352 g/mol. The molecule has 0 aliphatic heterocycles. The second-order valence-electron chi connectivity index (χ2n) is 7.41. The fraction of sp³-hybridized carbons (Fsp3) is 0.304. The molecule has 0 radical (unpaired) electrons. The summed E-state index contributed by atoms with van der Waals surface area (Å²) in [6, 6.07) is 25.8. The number of hydrogen-bond donors (Lipinski definition) is 0. The van der Waals surface area contributed by atoms with Crippen LogP contribution in [0.2, 0.25) is 11.1 Å². The minimum Gasteiger partial charge on any atom is -0.407 e. The quantitative estimate of drug-likeness (QED) is 0.419. The largest absolute Gasteiger partial charge is 0.407 e. The maximum absolute atomic E-state index is 6.82. The Morgan fingerprint density at radius 1 is 0.769 bits per heavy atom. The lowest BCUT2D eigenvalue weighted by molar-refractivity contribution is 0.283. The Kier molecular flexibility index (Phi) is 6.12. The van der Waals surface area contributed by atoms with E-state index in [0.29, 0.717) is 17.7 Å². The first kappa shape index (κ1) is 19.1. The van der Waals surface area contributed by atoms with Crippen LogP contribution in [0.15, 0.2) is 72.8 Å². The van der Waals surface area contributed by atoms with E-state index in [0.717, 1.165) is 0 Å². The van der Waals surface area contributed by atoms with E-state index in [1.165, 1.54) is 20.5 Å². The molecule has 1 aromatic heterocycles. The number of rotatable bonds is 7. The summed E-state index contributed by atoms with van der Waals surface area (Å²) in [7, 11) is -2.10. The van der Waals surface area contributed by atoms with Crippen LogP contribution in [0.25, 0.3) is 10.4 Å². The highest BCUT2D eigenvalue weighted by Crippen LogP contribution is 2.37. The van der Waals surface area contributed by atoms with Gasteiger partial charge in [0.25, 0.3) is 0 Å². The van der Waals surface area contributed by atoms with Crippen molar-refractivity contribution in [2.75, 3.05) is 0 Å². The molecule has 0 saturated carbocycles. The molecule has 0 bridgehead atoms. The van der Waals surface area contributed by atoms with Gasteiger partial charge in [-0.25, -0.2) is 0 Å². The molecule has 0 unspecified atom stereocenters. The highest BCUT2D eigenvalue weighted by molar-refractivity contribution is 7.28. The third-order valence-corrected chi connectivity index (χ3v) is 12.3. The average Bonchev–Trinajstić information content (AvgIpc) is 3.14. The Labute approximate surface area is 162 Å². The summed E-state index contributed by atoms with van der Waals surface area (Å²) in [5, 5.41) is 0. The Morgan fingerprint density at radius 2 is 1.35 bits per heavy atom. The zero-order chi connectivity index (χ0) is 18.6. The van der Waals surface area contributed by atoms with Gasteiger partial charge in [-0.1, -0.05) is 88.4 Å². The van der Waals surface area contributed by atoms with Crippen molar-refractivity contribution < 1.29 is 4.43 Å². The van der Waals surface area contributed by atoms with Crippen LogP contribution in [-0.4, -0.2) is 8.32 Å². The van der Waals surface area contributed by atoms with Crippen LogP contribution in [0, 0.1) is 0 Å². The van der Waals surface area contributed by atoms with Crippen molar-refractivity contribution in [2.24, 2.45) is 0 Å². The van der Waals surface area contributed by atoms with E-state index in [9.17, 15) is 0 Å². The summed E-state index contributed by atoms with van der Waals surface area (Å²) in [4.78, 5) is 1.34. The SMILES string of the molecule is CC(C)[Si](OCc1ccccc1)(c1ccc(-c2ccccc2)s1)C(C)C. The molecule has 1 nitrogen and oxygen atoms in total. The molecule has 3 rings (SSSR count). The van der Waals surface area contributed by atoms with Gasteiger partial charge in [-0.15, -0.1) is 11.3 Å². The van der Waals surface area contributed by atoms with E-state index in [2.05, 4.69) is 100 Å². The van der Waals surface area contributed by atoms with E-state index < -0.39 is 8.32 Å². The van der Waals surface area contributed by atoms with Gasteiger partial charge in [-0.05, 0) is 34.3 Å². The van der Waals surface area contributed by atoms with Gasteiger partial charge >= 0.3 is 0 Å². The molecule has 0 spiro atoms. The molecule has 0 saturated heterocycles. The summed E-state index contributed by atoms with van der Waals surface area (Å²) < 4.78 is 8.28. The lowest BCUT2D eigenvalue weighted by Gasteiger charge is -2.38. The van der Waals surface area contributed by atoms with Crippen LogP contribution in [0.3, 0.4) is 0 Å². The van der Waals surface area contributed by atoms with Crippen molar-refractivity contribution in [3.05, 3.63) is 78.4 Å². The van der Waals surface area contributed by atoms with Gasteiger partial charge in [0.05, 0.1) is 6.61 Å². The Balaban J connectivity index is 1.94. The first-order valence-corrected chi connectivity index (χ1v) is 12.3. The third kappa shape index (κ3) is 3.85. The van der Waals surface area contributed by atoms with Crippen molar-refractivity contribution in [3.8, 4) is 10.4 Å². The van der Waals surface area contributed by atoms with Gasteiger partial charge in [0.2, 0.25) is 8.32 Å².